The second-order valence-corrected chi connectivity index (χ2v) is 9.20. The monoisotopic (exact) mass is 484 g/mol. The molecule has 164 valence electrons. The molecule has 0 unspecified atom stereocenters. The first-order chi connectivity index (χ1) is 15.4. The second kappa shape index (κ2) is 9.53. The zero-order valence-corrected chi connectivity index (χ0v) is 20.3. The lowest BCUT2D eigenvalue weighted by Gasteiger charge is -2.11. The van der Waals surface area contributed by atoms with Gasteiger partial charge in [0.25, 0.3) is 0 Å². The summed E-state index contributed by atoms with van der Waals surface area (Å²) in [6, 6.07) is 15.6. The van der Waals surface area contributed by atoms with Gasteiger partial charge >= 0.3 is 0 Å². The molecule has 8 heteroatoms. The number of benzene rings is 2. The van der Waals surface area contributed by atoms with Gasteiger partial charge in [-0.1, -0.05) is 66.2 Å². The fraction of sp³-hybridized carbons (Fsp3) is 0.208. The molecule has 1 N–H and O–H groups in total. The molecule has 0 spiro atoms. The first-order valence-corrected chi connectivity index (χ1v) is 11.9. The number of Topliss-reactive ketones (excluding diaryl/α,β-unsaturated/α-hetero) is 1. The summed E-state index contributed by atoms with van der Waals surface area (Å²) >= 11 is 13.5. The Balaban J connectivity index is 1.48. The molecule has 4 rings (SSSR count). The van der Waals surface area contributed by atoms with Crippen LogP contribution in [0.2, 0.25) is 10.0 Å². The first-order valence-electron chi connectivity index (χ1n) is 10.2. The summed E-state index contributed by atoms with van der Waals surface area (Å²) in [6.45, 7) is 6.01. The molecule has 0 fully saturated rings. The molecular formula is C24H22Cl2N4OS. The Bertz CT molecular complexity index is 1280. The van der Waals surface area contributed by atoms with Gasteiger partial charge in [-0.3, -0.25) is 9.89 Å². The number of rotatable bonds is 7. The summed E-state index contributed by atoms with van der Waals surface area (Å²) in [5, 5.41) is 8.73. The number of halogens is 2. The minimum atomic E-state index is 0.0214. The van der Waals surface area contributed by atoms with Gasteiger partial charge in [0.15, 0.2) is 11.6 Å². The molecule has 0 bridgehead atoms. The van der Waals surface area contributed by atoms with Crippen LogP contribution in [-0.4, -0.2) is 31.3 Å². The summed E-state index contributed by atoms with van der Waals surface area (Å²) in [6.07, 6.45) is 0.992. The van der Waals surface area contributed by atoms with Crippen LogP contribution >= 0.6 is 35.0 Å². The third kappa shape index (κ3) is 4.63. The average Bonchev–Trinajstić information content (AvgIpc) is 3.38. The van der Waals surface area contributed by atoms with Gasteiger partial charge in [-0.15, -0.1) is 5.10 Å². The SMILES string of the molecule is CCc1ccc(-c2nc(SCC(=O)c3cc(C)n(-c4ccc(Cl)c(Cl)c4)c3C)n[nH]2)cc1. The van der Waals surface area contributed by atoms with Crippen LogP contribution in [0.4, 0.5) is 0 Å². The molecule has 0 aliphatic heterocycles. The molecule has 0 radical (unpaired) electrons. The van der Waals surface area contributed by atoms with E-state index in [9.17, 15) is 4.79 Å². The Morgan fingerprint density at radius 3 is 2.50 bits per heavy atom. The topological polar surface area (TPSA) is 63.6 Å². The van der Waals surface area contributed by atoms with E-state index in [-0.39, 0.29) is 11.5 Å². The van der Waals surface area contributed by atoms with Crippen LogP contribution in [0.3, 0.4) is 0 Å². The van der Waals surface area contributed by atoms with E-state index in [1.807, 2.05) is 42.7 Å². The van der Waals surface area contributed by atoms with E-state index in [0.717, 1.165) is 29.1 Å². The summed E-state index contributed by atoms with van der Waals surface area (Å²) in [4.78, 5) is 17.5. The second-order valence-electron chi connectivity index (χ2n) is 7.45. The number of carbonyl (C=O) groups is 1. The van der Waals surface area contributed by atoms with Gasteiger partial charge in [-0.25, -0.2) is 4.98 Å². The van der Waals surface area contributed by atoms with E-state index >= 15 is 0 Å². The first kappa shape index (κ1) is 22.6. The lowest BCUT2D eigenvalue weighted by molar-refractivity contribution is 0.102. The van der Waals surface area contributed by atoms with Gasteiger partial charge in [0.05, 0.1) is 15.8 Å². The maximum absolute atomic E-state index is 13.0. The molecule has 0 amide bonds. The zero-order chi connectivity index (χ0) is 22.8. The summed E-state index contributed by atoms with van der Waals surface area (Å²) in [7, 11) is 0. The van der Waals surface area contributed by atoms with Crippen molar-refractivity contribution in [3.05, 3.63) is 81.1 Å². The van der Waals surface area contributed by atoms with Crippen molar-refractivity contribution in [2.45, 2.75) is 32.3 Å². The maximum atomic E-state index is 13.0. The van der Waals surface area contributed by atoms with Crippen molar-refractivity contribution in [2.75, 3.05) is 5.75 Å². The van der Waals surface area contributed by atoms with Gasteiger partial charge < -0.3 is 4.57 Å². The fourth-order valence-corrected chi connectivity index (χ4v) is 4.59. The lowest BCUT2D eigenvalue weighted by Crippen LogP contribution is -2.05. The van der Waals surface area contributed by atoms with Crippen LogP contribution in [-0.2, 0) is 6.42 Å². The number of hydrogen-bond acceptors (Lipinski definition) is 4. The number of aromatic amines is 1. The summed E-state index contributed by atoms with van der Waals surface area (Å²) < 4.78 is 2.00. The van der Waals surface area contributed by atoms with Gasteiger partial charge in [-0.05, 0) is 50.1 Å². The molecule has 5 nitrogen and oxygen atoms in total. The van der Waals surface area contributed by atoms with Crippen molar-refractivity contribution >= 4 is 40.7 Å². The highest BCUT2D eigenvalue weighted by Gasteiger charge is 2.18. The standard InChI is InChI=1S/C24H22Cl2N4OS/c1-4-16-5-7-17(8-6-16)23-27-24(29-28-23)32-13-22(31)19-11-14(2)30(15(19)3)18-9-10-20(25)21(26)12-18/h5-12H,4,13H2,1-3H3,(H,27,28,29). The molecule has 0 aliphatic carbocycles. The number of H-pyrrole nitrogens is 1. The molecule has 4 aromatic rings. The number of carbonyl (C=O) groups excluding carboxylic acids is 1. The van der Waals surface area contributed by atoms with Crippen LogP contribution in [0.1, 0.15) is 34.2 Å². The smallest absolute Gasteiger partial charge is 0.209 e. The van der Waals surface area contributed by atoms with Crippen LogP contribution in [0.15, 0.2) is 53.7 Å². The van der Waals surface area contributed by atoms with Gasteiger partial charge in [-0.2, -0.15) is 0 Å². The molecule has 0 saturated carbocycles. The van der Waals surface area contributed by atoms with Crippen molar-refractivity contribution < 1.29 is 4.79 Å². The van der Waals surface area contributed by atoms with Gasteiger partial charge in [0.1, 0.15) is 0 Å². The van der Waals surface area contributed by atoms with Gasteiger partial charge in [0, 0.05) is 28.2 Å². The zero-order valence-electron chi connectivity index (χ0n) is 17.9. The summed E-state index contributed by atoms with van der Waals surface area (Å²) in [5.41, 5.74) is 5.59. The molecule has 0 aliphatic rings. The lowest BCUT2D eigenvalue weighted by atomic mass is 10.1. The van der Waals surface area contributed by atoms with E-state index in [0.29, 0.717) is 26.6 Å². The quantitative estimate of drug-likeness (QED) is 0.233. The molecule has 2 aromatic heterocycles. The number of ketones is 1. The normalized spacial score (nSPS) is 11.2. The third-order valence-electron chi connectivity index (χ3n) is 5.33. The van der Waals surface area contributed by atoms with Crippen molar-refractivity contribution in [1.29, 1.82) is 0 Å². The highest BCUT2D eigenvalue weighted by molar-refractivity contribution is 7.99. The Hall–Kier alpha value is -2.54. The predicted octanol–water partition coefficient (Wildman–Crippen LogP) is 6.72. The van der Waals surface area contributed by atoms with Crippen LogP contribution in [0.25, 0.3) is 17.1 Å². The van der Waals surface area contributed by atoms with E-state index in [1.165, 1.54) is 17.3 Å². The Kier molecular flexibility index (Phi) is 6.74. The molecule has 0 saturated heterocycles. The van der Waals surface area contributed by atoms with Crippen molar-refractivity contribution in [3.63, 3.8) is 0 Å². The molecule has 32 heavy (non-hydrogen) atoms. The molecule has 2 aromatic carbocycles. The van der Waals surface area contributed by atoms with Crippen LogP contribution in [0, 0.1) is 13.8 Å². The largest absolute Gasteiger partial charge is 0.318 e. The van der Waals surface area contributed by atoms with E-state index in [4.69, 9.17) is 23.2 Å². The maximum Gasteiger partial charge on any atom is 0.209 e. The highest BCUT2D eigenvalue weighted by Crippen LogP contribution is 2.28. The van der Waals surface area contributed by atoms with Crippen molar-refractivity contribution in [1.82, 2.24) is 19.7 Å². The van der Waals surface area contributed by atoms with Crippen LogP contribution in [0.5, 0.6) is 0 Å². The molecule has 2 heterocycles. The van der Waals surface area contributed by atoms with Crippen molar-refractivity contribution in [3.8, 4) is 17.1 Å². The van der Waals surface area contributed by atoms with E-state index in [2.05, 4.69) is 34.2 Å². The van der Waals surface area contributed by atoms with E-state index in [1.54, 1.807) is 12.1 Å². The van der Waals surface area contributed by atoms with Crippen molar-refractivity contribution in [2.24, 2.45) is 0 Å². The Labute approximate surface area is 201 Å². The third-order valence-corrected chi connectivity index (χ3v) is 6.91. The number of aryl methyl sites for hydroxylation is 2. The molecular weight excluding hydrogens is 463 g/mol. The average molecular weight is 485 g/mol. The Morgan fingerprint density at radius 2 is 1.81 bits per heavy atom. The number of nitrogens with one attached hydrogen (secondary N) is 1. The Morgan fingerprint density at radius 1 is 1.06 bits per heavy atom. The number of aromatic nitrogens is 4. The summed E-state index contributed by atoms with van der Waals surface area (Å²) in [5.74, 6) is 0.964. The number of nitrogens with zero attached hydrogens (tertiary/aromatic N) is 3. The molecule has 0 atom stereocenters. The minimum Gasteiger partial charge on any atom is -0.318 e. The van der Waals surface area contributed by atoms with E-state index < -0.39 is 0 Å². The highest BCUT2D eigenvalue weighted by atomic mass is 35.5. The predicted molar refractivity (Wildman–Crippen MR) is 132 cm³/mol. The minimum absolute atomic E-state index is 0.0214. The fourth-order valence-electron chi connectivity index (χ4n) is 3.61. The number of thioether (sulfide) groups is 1. The van der Waals surface area contributed by atoms with Crippen LogP contribution < -0.4 is 0 Å². The van der Waals surface area contributed by atoms with Gasteiger partial charge in [0.2, 0.25) is 5.16 Å². The number of hydrogen-bond donors (Lipinski definition) is 1.